The summed E-state index contributed by atoms with van der Waals surface area (Å²) in [5, 5.41) is 6.85. The highest BCUT2D eigenvalue weighted by Gasteiger charge is 2.08. The van der Waals surface area contributed by atoms with Crippen LogP contribution in [-0.2, 0) is 0 Å². The van der Waals surface area contributed by atoms with Crippen LogP contribution in [0.15, 0.2) is 24.5 Å². The van der Waals surface area contributed by atoms with Crippen molar-refractivity contribution in [1.29, 1.82) is 0 Å². The van der Waals surface area contributed by atoms with Crippen molar-refractivity contribution in [1.82, 2.24) is 20.2 Å². The highest BCUT2D eigenvalue weighted by Crippen LogP contribution is 2.15. The number of hydrogen-bond donors (Lipinski definition) is 3. The molecule has 0 aliphatic carbocycles. The zero-order valence-electron chi connectivity index (χ0n) is 11.2. The molecule has 1 aromatic carbocycles. The average molecular weight is 259 g/mol. The van der Waals surface area contributed by atoms with Gasteiger partial charge in [-0.3, -0.25) is 0 Å². The normalized spacial score (nSPS) is 16.8. The number of aromatic amines is 1. The van der Waals surface area contributed by atoms with Gasteiger partial charge in [0.2, 0.25) is 0 Å². The first kappa shape index (κ1) is 12.4. The SMILES string of the molecule is c1nc2ccc(NCCCN3CCNCC3)cc2[nH]1. The summed E-state index contributed by atoms with van der Waals surface area (Å²) in [6, 6.07) is 6.26. The van der Waals surface area contributed by atoms with Crippen molar-refractivity contribution in [3.8, 4) is 0 Å². The number of aromatic nitrogens is 2. The summed E-state index contributed by atoms with van der Waals surface area (Å²) in [6.45, 7) is 6.82. The van der Waals surface area contributed by atoms with Crippen LogP contribution in [-0.4, -0.2) is 54.1 Å². The summed E-state index contributed by atoms with van der Waals surface area (Å²) in [4.78, 5) is 9.88. The van der Waals surface area contributed by atoms with Crippen LogP contribution in [0, 0.1) is 0 Å². The largest absolute Gasteiger partial charge is 0.385 e. The molecule has 102 valence electrons. The van der Waals surface area contributed by atoms with E-state index in [1.165, 1.54) is 26.1 Å². The molecule has 1 aromatic heterocycles. The third kappa shape index (κ3) is 3.24. The lowest BCUT2D eigenvalue weighted by molar-refractivity contribution is 0.240. The van der Waals surface area contributed by atoms with Crippen LogP contribution in [0.2, 0.25) is 0 Å². The third-order valence-electron chi connectivity index (χ3n) is 3.61. The summed E-state index contributed by atoms with van der Waals surface area (Å²) in [7, 11) is 0. The second-order valence-corrected chi connectivity index (χ2v) is 5.01. The van der Waals surface area contributed by atoms with Gasteiger partial charge in [-0.05, 0) is 31.2 Å². The molecule has 0 atom stereocenters. The van der Waals surface area contributed by atoms with Gasteiger partial charge in [-0.15, -0.1) is 0 Å². The van der Waals surface area contributed by atoms with E-state index in [9.17, 15) is 0 Å². The molecule has 0 amide bonds. The molecule has 1 fully saturated rings. The van der Waals surface area contributed by atoms with Crippen molar-refractivity contribution in [2.45, 2.75) is 6.42 Å². The summed E-state index contributed by atoms with van der Waals surface area (Å²) in [5.41, 5.74) is 3.27. The number of nitrogens with one attached hydrogen (secondary N) is 3. The molecule has 3 rings (SSSR count). The van der Waals surface area contributed by atoms with Crippen LogP contribution < -0.4 is 10.6 Å². The van der Waals surface area contributed by atoms with Gasteiger partial charge in [-0.25, -0.2) is 4.98 Å². The van der Waals surface area contributed by atoms with Crippen LogP contribution >= 0.6 is 0 Å². The zero-order valence-corrected chi connectivity index (χ0v) is 11.2. The molecular weight excluding hydrogens is 238 g/mol. The van der Waals surface area contributed by atoms with Gasteiger partial charge >= 0.3 is 0 Å². The van der Waals surface area contributed by atoms with E-state index in [0.29, 0.717) is 0 Å². The first-order valence-electron chi connectivity index (χ1n) is 7.02. The number of benzene rings is 1. The molecular formula is C14H21N5. The first-order valence-corrected chi connectivity index (χ1v) is 7.02. The fourth-order valence-corrected chi connectivity index (χ4v) is 2.52. The molecule has 1 aliphatic rings. The molecule has 2 aromatic rings. The van der Waals surface area contributed by atoms with Gasteiger partial charge in [0.1, 0.15) is 0 Å². The van der Waals surface area contributed by atoms with E-state index in [4.69, 9.17) is 0 Å². The maximum Gasteiger partial charge on any atom is 0.0931 e. The number of rotatable bonds is 5. The smallest absolute Gasteiger partial charge is 0.0931 e. The van der Waals surface area contributed by atoms with E-state index in [1.54, 1.807) is 6.33 Å². The maximum absolute atomic E-state index is 4.22. The van der Waals surface area contributed by atoms with Crippen molar-refractivity contribution < 1.29 is 0 Å². The number of imidazole rings is 1. The highest BCUT2D eigenvalue weighted by atomic mass is 15.2. The summed E-state index contributed by atoms with van der Waals surface area (Å²) in [5.74, 6) is 0. The topological polar surface area (TPSA) is 56.0 Å². The molecule has 2 heterocycles. The van der Waals surface area contributed by atoms with E-state index in [0.717, 1.165) is 36.4 Å². The molecule has 5 nitrogen and oxygen atoms in total. The predicted molar refractivity (Wildman–Crippen MR) is 78.5 cm³/mol. The number of fused-ring (bicyclic) bond motifs is 1. The third-order valence-corrected chi connectivity index (χ3v) is 3.61. The predicted octanol–water partition coefficient (Wildman–Crippen LogP) is 1.27. The molecule has 0 unspecified atom stereocenters. The van der Waals surface area contributed by atoms with Crippen LogP contribution in [0.5, 0.6) is 0 Å². The fraction of sp³-hybridized carbons (Fsp3) is 0.500. The van der Waals surface area contributed by atoms with Gasteiger partial charge in [0.05, 0.1) is 17.4 Å². The van der Waals surface area contributed by atoms with E-state index in [1.807, 2.05) is 6.07 Å². The summed E-state index contributed by atoms with van der Waals surface area (Å²) < 4.78 is 0. The van der Waals surface area contributed by atoms with Crippen molar-refractivity contribution in [3.63, 3.8) is 0 Å². The molecule has 0 bridgehead atoms. The van der Waals surface area contributed by atoms with Crippen LogP contribution in [0.4, 0.5) is 5.69 Å². The molecule has 3 N–H and O–H groups in total. The molecule has 0 radical (unpaired) electrons. The summed E-state index contributed by atoms with van der Waals surface area (Å²) in [6.07, 6.45) is 2.92. The van der Waals surface area contributed by atoms with Crippen molar-refractivity contribution in [2.75, 3.05) is 44.6 Å². The minimum absolute atomic E-state index is 1.02. The first-order chi connectivity index (χ1) is 9.42. The van der Waals surface area contributed by atoms with Gasteiger partial charge in [0, 0.05) is 38.4 Å². The van der Waals surface area contributed by atoms with Crippen LogP contribution in [0.25, 0.3) is 11.0 Å². The van der Waals surface area contributed by atoms with Gasteiger partial charge in [0.25, 0.3) is 0 Å². The Morgan fingerprint density at radius 3 is 3.05 bits per heavy atom. The standard InChI is InChI=1S/C14H21N5/c1(7-19-8-5-15-6-9-19)4-16-12-2-3-13-14(10-12)18-11-17-13/h2-3,10-11,15-16H,1,4-9H2,(H,17,18). The molecule has 1 aliphatic heterocycles. The number of nitrogens with zero attached hydrogens (tertiary/aromatic N) is 2. The van der Waals surface area contributed by atoms with E-state index >= 15 is 0 Å². The Labute approximate surface area is 113 Å². The second-order valence-electron chi connectivity index (χ2n) is 5.01. The Morgan fingerprint density at radius 1 is 1.26 bits per heavy atom. The summed E-state index contributed by atoms with van der Waals surface area (Å²) >= 11 is 0. The fourth-order valence-electron chi connectivity index (χ4n) is 2.52. The highest BCUT2D eigenvalue weighted by molar-refractivity contribution is 5.78. The lowest BCUT2D eigenvalue weighted by Crippen LogP contribution is -2.44. The molecule has 0 saturated carbocycles. The second kappa shape index (κ2) is 6.04. The lowest BCUT2D eigenvalue weighted by atomic mass is 10.2. The number of piperazine rings is 1. The minimum atomic E-state index is 1.02. The number of H-pyrrole nitrogens is 1. The van der Waals surface area contributed by atoms with Gasteiger partial charge in [0.15, 0.2) is 0 Å². The Kier molecular flexibility index (Phi) is 3.95. The van der Waals surface area contributed by atoms with E-state index in [2.05, 4.69) is 37.6 Å². The molecule has 0 spiro atoms. The Bertz CT molecular complexity index is 515. The van der Waals surface area contributed by atoms with Crippen LogP contribution in [0.3, 0.4) is 0 Å². The Morgan fingerprint density at radius 2 is 2.16 bits per heavy atom. The minimum Gasteiger partial charge on any atom is -0.385 e. The molecule has 1 saturated heterocycles. The Hall–Kier alpha value is -1.59. The van der Waals surface area contributed by atoms with Crippen molar-refractivity contribution >= 4 is 16.7 Å². The lowest BCUT2D eigenvalue weighted by Gasteiger charge is -2.27. The number of hydrogen-bond acceptors (Lipinski definition) is 4. The van der Waals surface area contributed by atoms with Crippen LogP contribution in [0.1, 0.15) is 6.42 Å². The van der Waals surface area contributed by atoms with E-state index < -0.39 is 0 Å². The quantitative estimate of drug-likeness (QED) is 0.708. The van der Waals surface area contributed by atoms with Gasteiger partial charge in [-0.1, -0.05) is 0 Å². The maximum atomic E-state index is 4.22. The van der Waals surface area contributed by atoms with Crippen molar-refractivity contribution in [3.05, 3.63) is 24.5 Å². The van der Waals surface area contributed by atoms with Gasteiger partial charge in [-0.2, -0.15) is 0 Å². The molecule has 5 heteroatoms. The molecule has 19 heavy (non-hydrogen) atoms. The number of anilines is 1. The zero-order chi connectivity index (χ0) is 12.9. The Balaban J connectivity index is 1.43. The van der Waals surface area contributed by atoms with E-state index in [-0.39, 0.29) is 0 Å². The van der Waals surface area contributed by atoms with Crippen molar-refractivity contribution in [2.24, 2.45) is 0 Å². The average Bonchev–Trinajstić information content (AvgIpc) is 2.92. The van der Waals surface area contributed by atoms with Gasteiger partial charge < -0.3 is 20.5 Å². The monoisotopic (exact) mass is 259 g/mol.